The van der Waals surface area contributed by atoms with E-state index in [0.717, 1.165) is 26.2 Å². The van der Waals surface area contributed by atoms with Crippen molar-refractivity contribution in [2.24, 2.45) is 0 Å². The molecule has 0 saturated carbocycles. The molecule has 3 rings (SSSR count). The molecule has 0 radical (unpaired) electrons. The van der Waals surface area contributed by atoms with Crippen molar-refractivity contribution in [3.05, 3.63) is 99.0 Å². The van der Waals surface area contributed by atoms with Crippen LogP contribution >= 0.6 is 27.5 Å². The third-order valence-electron chi connectivity index (χ3n) is 5.87. The van der Waals surface area contributed by atoms with Crippen LogP contribution in [-0.2, 0) is 32.6 Å². The maximum Gasteiger partial charge on any atom is 0.244 e. The Morgan fingerprint density at radius 3 is 2.27 bits per heavy atom. The van der Waals surface area contributed by atoms with Crippen molar-refractivity contribution < 1.29 is 18.0 Å². The molecule has 10 heteroatoms. The van der Waals surface area contributed by atoms with Crippen molar-refractivity contribution in [2.45, 2.75) is 25.9 Å². The molecule has 1 atom stereocenters. The van der Waals surface area contributed by atoms with E-state index >= 15 is 0 Å². The fourth-order valence-corrected chi connectivity index (χ4v) is 5.63. The second kappa shape index (κ2) is 12.6. The molecule has 0 saturated heterocycles. The van der Waals surface area contributed by atoms with Gasteiger partial charge in [-0.3, -0.25) is 13.9 Å². The maximum atomic E-state index is 13.9. The number of rotatable bonds is 10. The largest absolute Gasteiger partial charge is 0.357 e. The van der Waals surface area contributed by atoms with Crippen molar-refractivity contribution in [1.82, 2.24) is 10.2 Å². The Hall–Kier alpha value is -2.88. The molecule has 0 fully saturated rings. The Morgan fingerprint density at radius 1 is 1.00 bits per heavy atom. The number of benzene rings is 3. The standard InChI is InChI=1S/C27H29BrClN3O4S/c1-19-14-23(29)12-13-24(19)32(37(3,35)36)18-26(33)31(17-21-10-7-11-22(28)15-21)25(27(34)30-2)16-20-8-5-4-6-9-20/h4-15,25H,16-18H2,1-3H3,(H,30,34)/t25-/m0/s1. The summed E-state index contributed by atoms with van der Waals surface area (Å²) in [5.74, 6) is -0.856. The Kier molecular flexibility index (Phi) is 9.75. The number of anilines is 1. The molecule has 0 aliphatic rings. The van der Waals surface area contributed by atoms with Crippen LogP contribution in [-0.4, -0.2) is 51.0 Å². The zero-order valence-electron chi connectivity index (χ0n) is 20.8. The van der Waals surface area contributed by atoms with Crippen LogP contribution in [0.4, 0.5) is 5.69 Å². The monoisotopic (exact) mass is 605 g/mol. The van der Waals surface area contributed by atoms with Crippen LogP contribution in [0.15, 0.2) is 77.3 Å². The first-order valence-corrected chi connectivity index (χ1v) is 14.5. The minimum atomic E-state index is -3.84. The minimum absolute atomic E-state index is 0.112. The van der Waals surface area contributed by atoms with E-state index in [1.807, 2.05) is 54.6 Å². The highest BCUT2D eigenvalue weighted by Gasteiger charge is 2.33. The van der Waals surface area contributed by atoms with Gasteiger partial charge in [0.05, 0.1) is 11.9 Å². The second-order valence-electron chi connectivity index (χ2n) is 8.67. The molecule has 0 unspecified atom stereocenters. The van der Waals surface area contributed by atoms with Crippen molar-refractivity contribution in [1.29, 1.82) is 0 Å². The SMILES string of the molecule is CNC(=O)[C@H](Cc1ccccc1)N(Cc1cccc(Br)c1)C(=O)CN(c1ccc(Cl)cc1C)S(C)(=O)=O. The van der Waals surface area contributed by atoms with Gasteiger partial charge in [-0.05, 0) is 53.9 Å². The van der Waals surface area contributed by atoms with Gasteiger partial charge in [0, 0.05) is 29.5 Å². The summed E-state index contributed by atoms with van der Waals surface area (Å²) >= 11 is 9.53. The molecule has 3 aromatic carbocycles. The number of sulfonamides is 1. The molecule has 0 aromatic heterocycles. The summed E-state index contributed by atoms with van der Waals surface area (Å²) in [6, 6.07) is 20.7. The zero-order chi connectivity index (χ0) is 27.2. The predicted octanol–water partition coefficient (Wildman–Crippen LogP) is 4.56. The van der Waals surface area contributed by atoms with E-state index in [4.69, 9.17) is 11.6 Å². The van der Waals surface area contributed by atoms with E-state index in [1.54, 1.807) is 25.1 Å². The maximum absolute atomic E-state index is 13.9. The molecule has 2 amide bonds. The van der Waals surface area contributed by atoms with E-state index in [0.29, 0.717) is 16.3 Å². The van der Waals surface area contributed by atoms with Crippen LogP contribution in [0, 0.1) is 6.92 Å². The molecule has 37 heavy (non-hydrogen) atoms. The summed E-state index contributed by atoms with van der Waals surface area (Å²) < 4.78 is 27.5. The van der Waals surface area contributed by atoms with Crippen LogP contribution in [0.3, 0.4) is 0 Å². The van der Waals surface area contributed by atoms with Crippen LogP contribution in [0.2, 0.25) is 5.02 Å². The van der Waals surface area contributed by atoms with E-state index in [1.165, 1.54) is 11.9 Å². The van der Waals surface area contributed by atoms with Gasteiger partial charge < -0.3 is 10.2 Å². The topological polar surface area (TPSA) is 86.8 Å². The first-order valence-electron chi connectivity index (χ1n) is 11.5. The number of nitrogens with zero attached hydrogens (tertiary/aromatic N) is 2. The smallest absolute Gasteiger partial charge is 0.244 e. The lowest BCUT2D eigenvalue weighted by atomic mass is 10.0. The Bertz CT molecular complexity index is 1370. The third-order valence-corrected chi connectivity index (χ3v) is 7.72. The minimum Gasteiger partial charge on any atom is -0.357 e. The van der Waals surface area contributed by atoms with Gasteiger partial charge in [0.1, 0.15) is 12.6 Å². The number of carbonyl (C=O) groups excluding carboxylic acids is 2. The number of hydrogen-bond acceptors (Lipinski definition) is 4. The van der Waals surface area contributed by atoms with Crippen LogP contribution in [0.1, 0.15) is 16.7 Å². The Balaban J connectivity index is 2.05. The lowest BCUT2D eigenvalue weighted by molar-refractivity contribution is -0.139. The first-order chi connectivity index (χ1) is 17.5. The molecule has 7 nitrogen and oxygen atoms in total. The molecule has 0 bridgehead atoms. The average molecular weight is 607 g/mol. The van der Waals surface area contributed by atoms with Gasteiger partial charge in [0.15, 0.2) is 0 Å². The molecule has 0 aliphatic heterocycles. The van der Waals surface area contributed by atoms with Crippen molar-refractivity contribution >= 4 is 55.1 Å². The molecular weight excluding hydrogens is 578 g/mol. The fourth-order valence-electron chi connectivity index (χ4n) is 4.05. The molecule has 0 aliphatic carbocycles. The van der Waals surface area contributed by atoms with Gasteiger partial charge in [-0.15, -0.1) is 0 Å². The molecule has 0 heterocycles. The molecule has 196 valence electrons. The van der Waals surface area contributed by atoms with Crippen molar-refractivity contribution in [2.75, 3.05) is 24.2 Å². The number of nitrogens with one attached hydrogen (secondary N) is 1. The summed E-state index contributed by atoms with van der Waals surface area (Å²) in [5, 5.41) is 3.12. The van der Waals surface area contributed by atoms with Crippen molar-refractivity contribution in [3.8, 4) is 0 Å². The first kappa shape index (κ1) is 28.7. The number of carbonyl (C=O) groups is 2. The molecule has 3 aromatic rings. The number of aryl methyl sites for hydroxylation is 1. The molecule has 1 N–H and O–H groups in total. The van der Waals surface area contributed by atoms with Gasteiger partial charge in [0.25, 0.3) is 0 Å². The van der Waals surface area contributed by atoms with Gasteiger partial charge in [-0.1, -0.05) is 70.0 Å². The summed E-state index contributed by atoms with van der Waals surface area (Å²) in [5.41, 5.74) is 2.62. The lowest BCUT2D eigenvalue weighted by Crippen LogP contribution is -2.53. The van der Waals surface area contributed by atoms with Gasteiger partial charge >= 0.3 is 0 Å². The van der Waals surface area contributed by atoms with Gasteiger partial charge in [-0.2, -0.15) is 0 Å². The fraction of sp³-hybridized carbons (Fsp3) is 0.259. The van der Waals surface area contributed by atoms with Crippen LogP contribution in [0.5, 0.6) is 0 Å². The molecular formula is C27H29BrClN3O4S. The highest BCUT2D eigenvalue weighted by atomic mass is 79.9. The quantitative estimate of drug-likeness (QED) is 0.367. The predicted molar refractivity (Wildman–Crippen MR) is 151 cm³/mol. The van der Waals surface area contributed by atoms with E-state index in [-0.39, 0.29) is 18.9 Å². The third kappa shape index (κ3) is 7.80. The van der Waals surface area contributed by atoms with E-state index < -0.39 is 28.5 Å². The molecule has 0 spiro atoms. The lowest BCUT2D eigenvalue weighted by Gasteiger charge is -2.33. The van der Waals surface area contributed by atoms with Crippen LogP contribution in [0.25, 0.3) is 0 Å². The highest BCUT2D eigenvalue weighted by Crippen LogP contribution is 2.26. The normalized spacial score (nSPS) is 12.0. The van der Waals surface area contributed by atoms with Crippen LogP contribution < -0.4 is 9.62 Å². The highest BCUT2D eigenvalue weighted by molar-refractivity contribution is 9.10. The zero-order valence-corrected chi connectivity index (χ0v) is 24.0. The summed E-state index contributed by atoms with van der Waals surface area (Å²) in [6.45, 7) is 1.36. The number of amides is 2. The summed E-state index contributed by atoms with van der Waals surface area (Å²) in [6.07, 6.45) is 1.31. The average Bonchev–Trinajstić information content (AvgIpc) is 2.84. The van der Waals surface area contributed by atoms with Crippen molar-refractivity contribution in [3.63, 3.8) is 0 Å². The summed E-state index contributed by atoms with van der Waals surface area (Å²) in [4.78, 5) is 28.4. The van der Waals surface area contributed by atoms with E-state index in [2.05, 4.69) is 21.2 Å². The second-order valence-corrected chi connectivity index (χ2v) is 11.9. The van der Waals surface area contributed by atoms with Gasteiger partial charge in [0.2, 0.25) is 21.8 Å². The summed E-state index contributed by atoms with van der Waals surface area (Å²) in [7, 11) is -2.32. The van der Waals surface area contributed by atoms with Gasteiger partial charge in [-0.25, -0.2) is 8.42 Å². The Labute approximate surface area is 231 Å². The Morgan fingerprint density at radius 2 is 1.68 bits per heavy atom. The van der Waals surface area contributed by atoms with E-state index in [9.17, 15) is 18.0 Å². The number of halogens is 2. The number of hydrogen-bond donors (Lipinski definition) is 1. The number of likely N-dealkylation sites (N-methyl/N-ethyl adjacent to an activating group) is 1.